The van der Waals surface area contributed by atoms with Crippen molar-refractivity contribution in [1.29, 1.82) is 0 Å². The van der Waals surface area contributed by atoms with E-state index < -0.39 is 0 Å². The standard InChI is InChI=1S/C10H14O.C5H13N/c1-7(2)9-5-4-8(3)10(11)6-9;1-2-3-4-5-6/h4-7,11H,1-3H3;2-6H2,1H3. The Kier molecular flexibility index (Phi) is 8.51. The molecule has 0 heterocycles. The van der Waals surface area contributed by atoms with E-state index in [1.165, 1.54) is 24.8 Å². The third-order valence-electron chi connectivity index (χ3n) is 2.71. The van der Waals surface area contributed by atoms with Crippen molar-refractivity contribution in [2.75, 3.05) is 6.54 Å². The quantitative estimate of drug-likeness (QED) is 0.779. The second-order valence-corrected chi connectivity index (χ2v) is 4.70. The molecule has 1 rings (SSSR count). The summed E-state index contributed by atoms with van der Waals surface area (Å²) in [5, 5.41) is 9.35. The molecule has 0 bridgehead atoms. The second kappa shape index (κ2) is 9.06. The first-order valence-corrected chi connectivity index (χ1v) is 6.52. The van der Waals surface area contributed by atoms with Crippen molar-refractivity contribution < 1.29 is 5.11 Å². The summed E-state index contributed by atoms with van der Waals surface area (Å²) in [6, 6.07) is 5.84. The lowest BCUT2D eigenvalue weighted by molar-refractivity contribution is 0.470. The predicted molar refractivity (Wildman–Crippen MR) is 75.5 cm³/mol. The Hall–Kier alpha value is -1.02. The molecule has 0 spiro atoms. The van der Waals surface area contributed by atoms with Gasteiger partial charge in [0.2, 0.25) is 0 Å². The summed E-state index contributed by atoms with van der Waals surface area (Å²) in [5.74, 6) is 0.887. The Morgan fingerprint density at radius 2 is 1.88 bits per heavy atom. The third-order valence-corrected chi connectivity index (χ3v) is 2.71. The van der Waals surface area contributed by atoms with Gasteiger partial charge in [0.1, 0.15) is 5.75 Å². The van der Waals surface area contributed by atoms with Crippen LogP contribution in [0.4, 0.5) is 0 Å². The van der Waals surface area contributed by atoms with Crippen molar-refractivity contribution in [3.63, 3.8) is 0 Å². The minimum absolute atomic E-state index is 0.399. The van der Waals surface area contributed by atoms with E-state index in [0.717, 1.165) is 12.1 Å². The summed E-state index contributed by atoms with van der Waals surface area (Å²) < 4.78 is 0. The van der Waals surface area contributed by atoms with E-state index in [9.17, 15) is 5.11 Å². The molecule has 2 nitrogen and oxygen atoms in total. The molecule has 2 heteroatoms. The summed E-state index contributed by atoms with van der Waals surface area (Å²) in [5.41, 5.74) is 7.34. The number of hydrogen-bond donors (Lipinski definition) is 2. The van der Waals surface area contributed by atoms with E-state index in [1.54, 1.807) is 0 Å². The third kappa shape index (κ3) is 7.01. The largest absolute Gasteiger partial charge is 0.508 e. The lowest BCUT2D eigenvalue weighted by Gasteiger charge is -2.06. The summed E-state index contributed by atoms with van der Waals surface area (Å²) in [6.07, 6.45) is 3.75. The lowest BCUT2D eigenvalue weighted by atomic mass is 10.0. The maximum Gasteiger partial charge on any atom is 0.118 e. The molecular formula is C15H27NO. The fourth-order valence-electron chi connectivity index (χ4n) is 1.38. The molecule has 0 fully saturated rings. The van der Waals surface area contributed by atoms with Crippen LogP contribution in [0.3, 0.4) is 0 Å². The fraction of sp³-hybridized carbons (Fsp3) is 0.600. The summed E-state index contributed by atoms with van der Waals surface area (Å²) in [6.45, 7) is 9.16. The highest BCUT2D eigenvalue weighted by molar-refractivity contribution is 5.36. The highest BCUT2D eigenvalue weighted by Crippen LogP contribution is 2.22. The molecule has 0 atom stereocenters. The highest BCUT2D eigenvalue weighted by Gasteiger charge is 2.00. The maximum absolute atomic E-state index is 9.35. The van der Waals surface area contributed by atoms with E-state index in [0.29, 0.717) is 11.7 Å². The van der Waals surface area contributed by atoms with Gasteiger partial charge in [-0.15, -0.1) is 0 Å². The molecule has 1 aromatic carbocycles. The van der Waals surface area contributed by atoms with Crippen molar-refractivity contribution in [1.82, 2.24) is 0 Å². The molecule has 0 saturated carbocycles. The number of aryl methyl sites for hydroxylation is 1. The van der Waals surface area contributed by atoms with Crippen LogP contribution in [0.15, 0.2) is 18.2 Å². The number of phenolic OH excluding ortho intramolecular Hbond substituents is 1. The Bertz CT molecular complexity index is 304. The molecule has 1 aromatic rings. The van der Waals surface area contributed by atoms with Crippen molar-refractivity contribution in [3.8, 4) is 5.75 Å². The molecule has 0 aliphatic carbocycles. The molecule has 98 valence electrons. The second-order valence-electron chi connectivity index (χ2n) is 4.70. The topological polar surface area (TPSA) is 46.2 Å². The van der Waals surface area contributed by atoms with Crippen molar-refractivity contribution in [3.05, 3.63) is 29.3 Å². The van der Waals surface area contributed by atoms with Gasteiger partial charge in [0.05, 0.1) is 0 Å². The van der Waals surface area contributed by atoms with Crippen LogP contribution in [0.1, 0.15) is 57.1 Å². The number of rotatable bonds is 4. The van der Waals surface area contributed by atoms with E-state index in [1.807, 2.05) is 19.1 Å². The Morgan fingerprint density at radius 1 is 1.24 bits per heavy atom. The number of hydrogen-bond acceptors (Lipinski definition) is 2. The van der Waals surface area contributed by atoms with E-state index >= 15 is 0 Å². The first kappa shape index (κ1) is 16.0. The highest BCUT2D eigenvalue weighted by atomic mass is 16.3. The van der Waals surface area contributed by atoms with Gasteiger partial charge in [-0.1, -0.05) is 45.7 Å². The van der Waals surface area contributed by atoms with Gasteiger partial charge in [0, 0.05) is 0 Å². The van der Waals surface area contributed by atoms with Gasteiger partial charge in [0.15, 0.2) is 0 Å². The van der Waals surface area contributed by atoms with Crippen molar-refractivity contribution in [2.45, 2.75) is 52.9 Å². The first-order valence-electron chi connectivity index (χ1n) is 6.52. The first-order chi connectivity index (χ1) is 8.02. The van der Waals surface area contributed by atoms with Crippen LogP contribution < -0.4 is 5.73 Å². The monoisotopic (exact) mass is 237 g/mol. The van der Waals surface area contributed by atoms with Gasteiger partial charge in [-0.3, -0.25) is 0 Å². The van der Waals surface area contributed by atoms with Crippen LogP contribution in [0.5, 0.6) is 5.75 Å². The molecular weight excluding hydrogens is 210 g/mol. The molecule has 0 aliphatic heterocycles. The summed E-state index contributed by atoms with van der Waals surface area (Å²) in [4.78, 5) is 0. The van der Waals surface area contributed by atoms with Crippen LogP contribution in [0.25, 0.3) is 0 Å². The van der Waals surface area contributed by atoms with E-state index in [-0.39, 0.29) is 0 Å². The Labute approximate surface area is 106 Å². The van der Waals surface area contributed by atoms with Crippen LogP contribution in [0, 0.1) is 6.92 Å². The zero-order chi connectivity index (χ0) is 13.3. The normalized spacial score (nSPS) is 10.0. The Balaban J connectivity index is 0.000000366. The van der Waals surface area contributed by atoms with Gasteiger partial charge in [-0.2, -0.15) is 0 Å². The molecule has 0 radical (unpaired) electrons. The minimum Gasteiger partial charge on any atom is -0.508 e. The number of benzene rings is 1. The number of nitrogens with two attached hydrogens (primary N) is 1. The van der Waals surface area contributed by atoms with Gasteiger partial charge < -0.3 is 10.8 Å². The molecule has 17 heavy (non-hydrogen) atoms. The maximum atomic E-state index is 9.35. The van der Waals surface area contributed by atoms with Crippen LogP contribution in [-0.2, 0) is 0 Å². The average Bonchev–Trinajstić information content (AvgIpc) is 2.30. The Morgan fingerprint density at radius 3 is 2.24 bits per heavy atom. The van der Waals surface area contributed by atoms with Gasteiger partial charge in [-0.05, 0) is 43.0 Å². The van der Waals surface area contributed by atoms with Crippen molar-refractivity contribution in [2.24, 2.45) is 5.73 Å². The van der Waals surface area contributed by atoms with E-state index in [4.69, 9.17) is 5.73 Å². The van der Waals surface area contributed by atoms with Crippen LogP contribution >= 0.6 is 0 Å². The average molecular weight is 237 g/mol. The van der Waals surface area contributed by atoms with Crippen LogP contribution in [-0.4, -0.2) is 11.7 Å². The molecule has 0 unspecified atom stereocenters. The zero-order valence-electron chi connectivity index (χ0n) is 11.7. The predicted octanol–water partition coefficient (Wildman–Crippen LogP) is 3.96. The van der Waals surface area contributed by atoms with Gasteiger partial charge in [0.25, 0.3) is 0 Å². The lowest BCUT2D eigenvalue weighted by Crippen LogP contribution is -1.96. The van der Waals surface area contributed by atoms with Gasteiger partial charge >= 0.3 is 0 Å². The van der Waals surface area contributed by atoms with Crippen LogP contribution in [0.2, 0.25) is 0 Å². The fourth-order valence-corrected chi connectivity index (χ4v) is 1.38. The smallest absolute Gasteiger partial charge is 0.118 e. The number of phenols is 1. The molecule has 0 saturated heterocycles. The number of aromatic hydroxyl groups is 1. The van der Waals surface area contributed by atoms with E-state index in [2.05, 4.69) is 26.8 Å². The SMILES string of the molecule is CCCCCN.Cc1ccc(C(C)C)cc1O. The zero-order valence-corrected chi connectivity index (χ0v) is 11.7. The molecule has 3 N–H and O–H groups in total. The summed E-state index contributed by atoms with van der Waals surface area (Å²) >= 11 is 0. The number of unbranched alkanes of at least 4 members (excludes halogenated alkanes) is 2. The summed E-state index contributed by atoms with van der Waals surface area (Å²) in [7, 11) is 0. The molecule has 0 aromatic heterocycles. The van der Waals surface area contributed by atoms with Crippen molar-refractivity contribution >= 4 is 0 Å². The molecule has 0 amide bonds. The minimum atomic E-state index is 0.399. The van der Waals surface area contributed by atoms with Gasteiger partial charge in [-0.25, -0.2) is 0 Å². The molecule has 0 aliphatic rings.